The van der Waals surface area contributed by atoms with Crippen LogP contribution in [0.1, 0.15) is 37.3 Å². The quantitative estimate of drug-likeness (QED) is 0.264. The topological polar surface area (TPSA) is 86.7 Å². The Balaban J connectivity index is 0.000000338. The molecule has 2 aliphatic rings. The number of pyridine rings is 1. The van der Waals surface area contributed by atoms with E-state index in [1.807, 2.05) is 13.0 Å². The van der Waals surface area contributed by atoms with E-state index >= 15 is 0 Å². The number of nitrogens with two attached hydrogens (primary N) is 2. The maximum atomic E-state index is 12.5. The lowest BCUT2D eigenvalue weighted by atomic mass is 10.1. The Hall–Kier alpha value is -3.52. The van der Waals surface area contributed by atoms with Crippen LogP contribution in [-0.4, -0.2) is 52.0 Å². The van der Waals surface area contributed by atoms with Gasteiger partial charge in [0.2, 0.25) is 5.95 Å². The van der Waals surface area contributed by atoms with E-state index < -0.39 is 0 Å². The molecule has 0 saturated carbocycles. The average molecular weight is 494 g/mol. The summed E-state index contributed by atoms with van der Waals surface area (Å²) < 4.78 is 12.5. The Bertz CT molecular complexity index is 1020. The zero-order chi connectivity index (χ0) is 25.9. The molecule has 36 heavy (non-hydrogen) atoms. The Morgan fingerprint density at radius 2 is 1.92 bits per heavy atom. The molecule has 0 bridgehead atoms. The highest BCUT2D eigenvalue weighted by Gasteiger charge is 2.28. The molecule has 4 rings (SSSR count). The van der Waals surface area contributed by atoms with E-state index in [2.05, 4.69) is 57.5 Å². The largest absolute Gasteiger partial charge is 0.384 e. The van der Waals surface area contributed by atoms with E-state index in [0.717, 1.165) is 56.2 Å². The van der Waals surface area contributed by atoms with Gasteiger partial charge >= 0.3 is 0 Å². The summed E-state index contributed by atoms with van der Waals surface area (Å²) in [6, 6.07) is 14.1. The maximum absolute atomic E-state index is 12.5. The Morgan fingerprint density at radius 1 is 1.17 bits per heavy atom. The summed E-state index contributed by atoms with van der Waals surface area (Å²) in [7, 11) is 0. The molecule has 2 saturated heterocycles. The van der Waals surface area contributed by atoms with Gasteiger partial charge in [-0.25, -0.2) is 10.8 Å². The number of hydrogen-bond donors (Lipinski definition) is 3. The third kappa shape index (κ3) is 7.75. The summed E-state index contributed by atoms with van der Waals surface area (Å²) in [6.45, 7) is 14.8. The second kappa shape index (κ2) is 13.5. The molecule has 2 aliphatic heterocycles. The van der Waals surface area contributed by atoms with E-state index in [4.69, 9.17) is 11.6 Å². The van der Waals surface area contributed by atoms with E-state index in [1.54, 1.807) is 23.3 Å². The van der Waals surface area contributed by atoms with Crippen LogP contribution in [0.3, 0.4) is 0 Å². The highest BCUT2D eigenvalue weighted by atomic mass is 19.1. The van der Waals surface area contributed by atoms with Gasteiger partial charge in [0.25, 0.3) is 0 Å². The van der Waals surface area contributed by atoms with Gasteiger partial charge < -0.3 is 25.9 Å². The van der Waals surface area contributed by atoms with E-state index in [1.165, 1.54) is 18.2 Å². The van der Waals surface area contributed by atoms with Crippen LogP contribution >= 0.6 is 0 Å². The second-order valence-corrected chi connectivity index (χ2v) is 9.16. The number of benzene rings is 1. The van der Waals surface area contributed by atoms with Crippen molar-refractivity contribution in [1.29, 1.82) is 0 Å². The third-order valence-corrected chi connectivity index (χ3v) is 6.53. The van der Waals surface area contributed by atoms with Gasteiger partial charge in [-0.05, 0) is 37.3 Å². The number of nitrogens with zero attached hydrogens (tertiary/aromatic N) is 4. The fourth-order valence-corrected chi connectivity index (χ4v) is 4.29. The molecule has 2 fully saturated rings. The zero-order valence-electron chi connectivity index (χ0n) is 21.4. The number of halogens is 1. The highest BCUT2D eigenvalue weighted by Crippen LogP contribution is 2.25. The number of rotatable bonds is 10. The first kappa shape index (κ1) is 27.1. The highest BCUT2D eigenvalue weighted by molar-refractivity contribution is 5.18. The summed E-state index contributed by atoms with van der Waals surface area (Å²) in [6.07, 6.45) is 7.37. The summed E-state index contributed by atoms with van der Waals surface area (Å²) >= 11 is 0. The number of hydrazine groups is 1. The molecular formula is C28H40FN7. The minimum Gasteiger partial charge on any atom is -0.384 e. The molecule has 0 spiro atoms. The molecule has 1 unspecified atom stereocenters. The lowest BCUT2D eigenvalue weighted by molar-refractivity contribution is 0.226. The van der Waals surface area contributed by atoms with Crippen molar-refractivity contribution in [3.05, 3.63) is 102 Å². The average Bonchev–Trinajstić information content (AvgIpc) is 3.33. The lowest BCUT2D eigenvalue weighted by Gasteiger charge is -2.35. The minimum absolute atomic E-state index is 0.256. The Labute approximate surface area is 214 Å². The van der Waals surface area contributed by atoms with Gasteiger partial charge in [0.1, 0.15) is 5.82 Å². The normalized spacial score (nSPS) is 17.1. The molecule has 194 valence electrons. The van der Waals surface area contributed by atoms with Crippen molar-refractivity contribution < 1.29 is 4.39 Å². The number of aromatic nitrogens is 1. The molecule has 0 radical (unpaired) electrons. The first-order valence-corrected chi connectivity index (χ1v) is 12.6. The van der Waals surface area contributed by atoms with Crippen LogP contribution in [0.2, 0.25) is 0 Å². The third-order valence-electron chi connectivity index (χ3n) is 6.53. The Morgan fingerprint density at radius 3 is 2.53 bits per heavy atom. The molecule has 0 amide bonds. The molecule has 7 nitrogen and oxygen atoms in total. The van der Waals surface area contributed by atoms with Crippen LogP contribution in [0.25, 0.3) is 0 Å². The molecule has 1 aromatic heterocycles. The van der Waals surface area contributed by atoms with Crippen LogP contribution < -0.4 is 16.9 Å². The smallest absolute Gasteiger partial charge is 0.216 e. The van der Waals surface area contributed by atoms with Crippen molar-refractivity contribution in [2.24, 2.45) is 11.6 Å². The van der Waals surface area contributed by atoms with Crippen molar-refractivity contribution in [3.8, 4) is 0 Å². The standard InChI is InChI=1S/C21H32N6.C7H8FN/c1-17(15-26(23)16-21(22)25-11-7-12-25)27-13-6-10-20(27)18(2)24-14-19-8-4-3-5-9-19;1-2-6-4-3-5-9-7(6)8/h3-5,8-9,16,20,24H,1-2,6-7,10-15,22-23H2;3-5H,2H2,1H3/b21-16+;. The van der Waals surface area contributed by atoms with Crippen LogP contribution in [0.5, 0.6) is 0 Å². The van der Waals surface area contributed by atoms with Crippen molar-refractivity contribution in [1.82, 2.24) is 25.1 Å². The van der Waals surface area contributed by atoms with Crippen LogP contribution in [-0.2, 0) is 13.0 Å². The van der Waals surface area contributed by atoms with Crippen molar-refractivity contribution in [2.75, 3.05) is 26.2 Å². The molecule has 5 N–H and O–H groups in total. The number of hydrogen-bond acceptors (Lipinski definition) is 7. The van der Waals surface area contributed by atoms with E-state index in [9.17, 15) is 4.39 Å². The number of nitrogens with one attached hydrogen (secondary N) is 1. The molecular weight excluding hydrogens is 453 g/mol. The number of aryl methyl sites for hydroxylation is 1. The molecule has 1 aromatic carbocycles. The van der Waals surface area contributed by atoms with Gasteiger partial charge in [-0.3, -0.25) is 0 Å². The summed E-state index contributed by atoms with van der Waals surface area (Å²) in [4.78, 5) is 7.92. The molecule has 3 heterocycles. The predicted octanol–water partition coefficient (Wildman–Crippen LogP) is 3.69. The molecule has 0 aliphatic carbocycles. The van der Waals surface area contributed by atoms with Crippen LogP contribution in [0.15, 0.2) is 85.2 Å². The van der Waals surface area contributed by atoms with Crippen LogP contribution in [0.4, 0.5) is 4.39 Å². The summed E-state index contributed by atoms with van der Waals surface area (Å²) in [5.41, 5.74) is 10.0. The fourth-order valence-electron chi connectivity index (χ4n) is 4.29. The van der Waals surface area contributed by atoms with Gasteiger partial charge in [0, 0.05) is 49.3 Å². The van der Waals surface area contributed by atoms with Gasteiger partial charge in [-0.15, -0.1) is 0 Å². The van der Waals surface area contributed by atoms with Gasteiger partial charge in [0.05, 0.1) is 18.8 Å². The monoisotopic (exact) mass is 493 g/mol. The SMILES string of the molecule is C=C(NCc1ccccc1)C1CCCN1C(=C)CN(N)/C=C(\N)N1CCC1.CCc1cccnc1F. The van der Waals surface area contributed by atoms with Crippen LogP contribution in [0, 0.1) is 5.95 Å². The molecule has 8 heteroatoms. The maximum Gasteiger partial charge on any atom is 0.216 e. The van der Waals surface area contributed by atoms with E-state index in [0.29, 0.717) is 18.5 Å². The lowest BCUT2D eigenvalue weighted by Crippen LogP contribution is -2.42. The fraction of sp³-hybridized carbons (Fsp3) is 0.393. The number of likely N-dealkylation sites (tertiary alicyclic amines) is 2. The van der Waals surface area contributed by atoms with Gasteiger partial charge in [0.15, 0.2) is 0 Å². The van der Waals surface area contributed by atoms with Gasteiger partial charge in [-0.1, -0.05) is 56.5 Å². The molecule has 2 aromatic rings. The second-order valence-electron chi connectivity index (χ2n) is 9.16. The van der Waals surface area contributed by atoms with Gasteiger partial charge in [-0.2, -0.15) is 4.39 Å². The minimum atomic E-state index is -0.347. The summed E-state index contributed by atoms with van der Waals surface area (Å²) in [5, 5.41) is 5.11. The Kier molecular flexibility index (Phi) is 10.2. The zero-order valence-corrected chi connectivity index (χ0v) is 21.4. The van der Waals surface area contributed by atoms with Crippen molar-refractivity contribution >= 4 is 0 Å². The van der Waals surface area contributed by atoms with E-state index in [-0.39, 0.29) is 12.0 Å². The van der Waals surface area contributed by atoms with Crippen molar-refractivity contribution in [3.63, 3.8) is 0 Å². The first-order chi connectivity index (χ1) is 17.4. The molecule has 1 atom stereocenters. The predicted molar refractivity (Wildman–Crippen MR) is 144 cm³/mol. The van der Waals surface area contributed by atoms with Crippen molar-refractivity contribution in [2.45, 2.75) is 45.2 Å². The summed E-state index contributed by atoms with van der Waals surface area (Å²) in [5.74, 6) is 6.52. The first-order valence-electron chi connectivity index (χ1n) is 12.6.